The SMILES string of the molecule is Fc1ccc(Cc2cnc3c(c2)NC(COCc2ccccc2)CO3)cc1. The van der Waals surface area contributed by atoms with Crippen LogP contribution in [0, 0.1) is 5.82 Å². The Labute approximate surface area is 158 Å². The number of pyridine rings is 1. The maximum absolute atomic E-state index is 13.1. The highest BCUT2D eigenvalue weighted by molar-refractivity contribution is 5.56. The Hall–Kier alpha value is -2.92. The molecule has 138 valence electrons. The van der Waals surface area contributed by atoms with E-state index >= 15 is 0 Å². The molecule has 0 saturated carbocycles. The summed E-state index contributed by atoms with van der Waals surface area (Å²) in [6.45, 7) is 1.65. The lowest BCUT2D eigenvalue weighted by Gasteiger charge is -2.27. The van der Waals surface area contributed by atoms with Crippen molar-refractivity contribution in [3.05, 3.63) is 89.4 Å². The van der Waals surface area contributed by atoms with Gasteiger partial charge < -0.3 is 14.8 Å². The van der Waals surface area contributed by atoms with Crippen LogP contribution in [0.5, 0.6) is 5.88 Å². The van der Waals surface area contributed by atoms with Crippen LogP contribution in [0.4, 0.5) is 10.1 Å². The zero-order valence-corrected chi connectivity index (χ0v) is 14.9. The number of halogens is 1. The summed E-state index contributed by atoms with van der Waals surface area (Å²) in [5.74, 6) is 0.382. The van der Waals surface area contributed by atoms with E-state index in [0.717, 1.165) is 22.4 Å². The molecule has 0 saturated heterocycles. The maximum atomic E-state index is 13.1. The van der Waals surface area contributed by atoms with Gasteiger partial charge in [-0.25, -0.2) is 9.37 Å². The van der Waals surface area contributed by atoms with Crippen LogP contribution in [0.1, 0.15) is 16.7 Å². The van der Waals surface area contributed by atoms with E-state index in [1.807, 2.05) is 36.4 Å². The van der Waals surface area contributed by atoms with Crippen LogP contribution in [0.2, 0.25) is 0 Å². The van der Waals surface area contributed by atoms with Gasteiger partial charge in [0.05, 0.1) is 24.9 Å². The average molecular weight is 364 g/mol. The zero-order valence-electron chi connectivity index (χ0n) is 14.9. The fourth-order valence-electron chi connectivity index (χ4n) is 3.07. The van der Waals surface area contributed by atoms with Crippen LogP contribution in [-0.4, -0.2) is 24.2 Å². The molecule has 1 aromatic heterocycles. The minimum absolute atomic E-state index is 0.0732. The van der Waals surface area contributed by atoms with Gasteiger partial charge in [0, 0.05) is 6.20 Å². The minimum Gasteiger partial charge on any atom is -0.474 e. The molecule has 4 rings (SSSR count). The predicted molar refractivity (Wildman–Crippen MR) is 102 cm³/mol. The first-order valence-corrected chi connectivity index (χ1v) is 9.00. The number of hydrogen-bond donors (Lipinski definition) is 1. The van der Waals surface area contributed by atoms with E-state index in [1.54, 1.807) is 18.3 Å². The first-order valence-electron chi connectivity index (χ1n) is 9.00. The highest BCUT2D eigenvalue weighted by Crippen LogP contribution is 2.28. The van der Waals surface area contributed by atoms with Crippen LogP contribution in [-0.2, 0) is 17.8 Å². The second kappa shape index (κ2) is 8.18. The van der Waals surface area contributed by atoms with Gasteiger partial charge in [0.1, 0.15) is 12.4 Å². The first kappa shape index (κ1) is 17.5. The summed E-state index contributed by atoms with van der Waals surface area (Å²) in [6, 6.07) is 18.7. The molecule has 1 aliphatic rings. The Morgan fingerprint density at radius 3 is 2.67 bits per heavy atom. The Kier molecular flexibility index (Phi) is 5.30. The summed E-state index contributed by atoms with van der Waals surface area (Å²) in [4.78, 5) is 4.40. The number of fused-ring (bicyclic) bond motifs is 1. The van der Waals surface area contributed by atoms with E-state index < -0.39 is 0 Å². The second-order valence-corrected chi connectivity index (χ2v) is 6.65. The number of aromatic nitrogens is 1. The summed E-state index contributed by atoms with van der Waals surface area (Å²) in [5.41, 5.74) is 4.10. The van der Waals surface area contributed by atoms with E-state index in [-0.39, 0.29) is 11.9 Å². The third kappa shape index (κ3) is 4.63. The molecule has 1 N–H and O–H groups in total. The molecule has 2 heterocycles. The first-order chi connectivity index (χ1) is 13.3. The molecule has 1 atom stereocenters. The summed E-state index contributed by atoms with van der Waals surface area (Å²) in [5, 5.41) is 3.45. The Bertz CT molecular complexity index is 885. The van der Waals surface area contributed by atoms with Crippen LogP contribution in [0.15, 0.2) is 66.9 Å². The molecular weight excluding hydrogens is 343 g/mol. The van der Waals surface area contributed by atoms with Gasteiger partial charge in [-0.3, -0.25) is 0 Å². The second-order valence-electron chi connectivity index (χ2n) is 6.65. The van der Waals surface area contributed by atoms with Crippen molar-refractivity contribution < 1.29 is 13.9 Å². The van der Waals surface area contributed by atoms with Crippen molar-refractivity contribution in [2.45, 2.75) is 19.1 Å². The van der Waals surface area contributed by atoms with Gasteiger partial charge in [-0.1, -0.05) is 42.5 Å². The number of ether oxygens (including phenoxy) is 2. The number of anilines is 1. The monoisotopic (exact) mass is 364 g/mol. The van der Waals surface area contributed by atoms with Crippen molar-refractivity contribution >= 4 is 5.69 Å². The highest BCUT2D eigenvalue weighted by Gasteiger charge is 2.20. The number of rotatable bonds is 6. The fourth-order valence-corrected chi connectivity index (χ4v) is 3.07. The Balaban J connectivity index is 1.35. The van der Waals surface area contributed by atoms with Crippen LogP contribution in [0.3, 0.4) is 0 Å². The molecule has 5 heteroatoms. The molecule has 1 aliphatic heterocycles. The highest BCUT2D eigenvalue weighted by atomic mass is 19.1. The normalized spacial score (nSPS) is 15.5. The molecule has 0 amide bonds. The molecule has 0 fully saturated rings. The van der Waals surface area contributed by atoms with E-state index in [1.165, 1.54) is 12.1 Å². The van der Waals surface area contributed by atoms with Crippen molar-refractivity contribution in [2.75, 3.05) is 18.5 Å². The van der Waals surface area contributed by atoms with Gasteiger partial charge >= 0.3 is 0 Å². The molecule has 0 spiro atoms. The maximum Gasteiger partial charge on any atom is 0.237 e. The fraction of sp³-hybridized carbons (Fsp3) is 0.227. The molecular formula is C22H21FN2O2. The van der Waals surface area contributed by atoms with Gasteiger partial charge in [-0.15, -0.1) is 0 Å². The van der Waals surface area contributed by atoms with Crippen molar-refractivity contribution in [1.29, 1.82) is 0 Å². The summed E-state index contributed by atoms with van der Waals surface area (Å²) < 4.78 is 24.6. The third-order valence-electron chi connectivity index (χ3n) is 4.44. The number of benzene rings is 2. The third-order valence-corrected chi connectivity index (χ3v) is 4.44. The molecule has 4 nitrogen and oxygen atoms in total. The molecule has 1 unspecified atom stereocenters. The Morgan fingerprint density at radius 2 is 1.85 bits per heavy atom. The van der Waals surface area contributed by atoms with Gasteiger partial charge in [0.25, 0.3) is 0 Å². The zero-order chi connectivity index (χ0) is 18.5. The van der Waals surface area contributed by atoms with Crippen molar-refractivity contribution in [2.24, 2.45) is 0 Å². The van der Waals surface area contributed by atoms with Crippen LogP contribution >= 0.6 is 0 Å². The minimum atomic E-state index is -0.226. The van der Waals surface area contributed by atoms with Gasteiger partial charge in [-0.2, -0.15) is 0 Å². The molecule has 0 radical (unpaired) electrons. The van der Waals surface area contributed by atoms with E-state index in [2.05, 4.69) is 10.3 Å². The Morgan fingerprint density at radius 1 is 1.04 bits per heavy atom. The topological polar surface area (TPSA) is 43.4 Å². The molecule has 0 bridgehead atoms. The lowest BCUT2D eigenvalue weighted by Crippen LogP contribution is -2.35. The van der Waals surface area contributed by atoms with Crippen LogP contribution < -0.4 is 10.1 Å². The number of hydrogen-bond acceptors (Lipinski definition) is 4. The number of nitrogens with zero attached hydrogens (tertiary/aromatic N) is 1. The average Bonchev–Trinajstić information content (AvgIpc) is 2.70. The lowest BCUT2D eigenvalue weighted by molar-refractivity contribution is 0.0949. The van der Waals surface area contributed by atoms with Crippen molar-refractivity contribution in [3.8, 4) is 5.88 Å². The number of nitrogens with one attached hydrogen (secondary N) is 1. The molecule has 3 aromatic rings. The molecule has 2 aromatic carbocycles. The predicted octanol–water partition coefficient (Wildman–Crippen LogP) is 4.20. The van der Waals surface area contributed by atoms with E-state index in [4.69, 9.17) is 9.47 Å². The summed E-state index contributed by atoms with van der Waals surface area (Å²) in [6.07, 6.45) is 2.49. The van der Waals surface area contributed by atoms with Gasteiger partial charge in [0.2, 0.25) is 5.88 Å². The summed E-state index contributed by atoms with van der Waals surface area (Å²) in [7, 11) is 0. The standard InChI is InChI=1S/C22H21FN2O2/c23-19-8-6-16(7-9-19)10-18-11-21-22(24-12-18)27-15-20(25-21)14-26-13-17-4-2-1-3-5-17/h1-9,11-12,20,25H,10,13-15H2. The largest absolute Gasteiger partial charge is 0.474 e. The quantitative estimate of drug-likeness (QED) is 0.712. The summed E-state index contributed by atoms with van der Waals surface area (Å²) >= 11 is 0. The molecule has 27 heavy (non-hydrogen) atoms. The molecule has 0 aliphatic carbocycles. The van der Waals surface area contributed by atoms with Crippen molar-refractivity contribution in [3.63, 3.8) is 0 Å². The van der Waals surface area contributed by atoms with Crippen LogP contribution in [0.25, 0.3) is 0 Å². The lowest BCUT2D eigenvalue weighted by atomic mass is 10.1. The smallest absolute Gasteiger partial charge is 0.237 e. The van der Waals surface area contributed by atoms with E-state index in [0.29, 0.717) is 32.1 Å². The van der Waals surface area contributed by atoms with Gasteiger partial charge in [-0.05, 0) is 41.3 Å². The van der Waals surface area contributed by atoms with Crippen molar-refractivity contribution in [1.82, 2.24) is 4.98 Å². The van der Waals surface area contributed by atoms with E-state index in [9.17, 15) is 4.39 Å². The van der Waals surface area contributed by atoms with Gasteiger partial charge in [0.15, 0.2) is 0 Å².